The number of ether oxygens (including phenoxy) is 1. The maximum Gasteiger partial charge on any atom is 0.272 e. The van der Waals surface area contributed by atoms with Crippen molar-refractivity contribution in [3.8, 4) is 0 Å². The normalized spacial score (nSPS) is 19.2. The van der Waals surface area contributed by atoms with Crippen LogP contribution in [0.25, 0.3) is 0 Å². The fourth-order valence-corrected chi connectivity index (χ4v) is 2.05. The van der Waals surface area contributed by atoms with E-state index in [9.17, 15) is 4.79 Å². The van der Waals surface area contributed by atoms with E-state index in [0.717, 1.165) is 26.2 Å². The van der Waals surface area contributed by atoms with Crippen molar-refractivity contribution in [2.45, 2.75) is 13.3 Å². The number of aromatic nitrogens is 1. The summed E-state index contributed by atoms with van der Waals surface area (Å²) in [6.07, 6.45) is 2.70. The molecule has 2 rings (SSSR count). The topological polar surface area (TPSA) is 42.4 Å². The van der Waals surface area contributed by atoms with Gasteiger partial charge in [0.05, 0.1) is 6.61 Å². The van der Waals surface area contributed by atoms with Gasteiger partial charge in [-0.05, 0) is 25.5 Å². The van der Waals surface area contributed by atoms with Gasteiger partial charge in [0.25, 0.3) is 5.91 Å². The summed E-state index contributed by atoms with van der Waals surface area (Å²) in [6.45, 7) is 5.07. The Bertz CT molecular complexity index is 361. The maximum absolute atomic E-state index is 12.2. The Morgan fingerprint density at radius 2 is 2.47 bits per heavy atom. The molecule has 17 heavy (non-hydrogen) atoms. The quantitative estimate of drug-likeness (QED) is 0.794. The highest BCUT2D eigenvalue weighted by Gasteiger charge is 2.22. The number of amides is 1. The van der Waals surface area contributed by atoms with Crippen LogP contribution in [0.3, 0.4) is 0 Å². The molecule has 1 atom stereocenters. The first-order valence-corrected chi connectivity index (χ1v) is 6.09. The van der Waals surface area contributed by atoms with Gasteiger partial charge in [-0.1, -0.05) is 6.07 Å². The Kier molecular flexibility index (Phi) is 4.09. The number of carbonyl (C=O) groups is 1. The molecule has 1 fully saturated rings. The van der Waals surface area contributed by atoms with Crippen molar-refractivity contribution in [1.29, 1.82) is 0 Å². The van der Waals surface area contributed by atoms with Crippen molar-refractivity contribution >= 4 is 5.91 Å². The van der Waals surface area contributed by atoms with Crippen molar-refractivity contribution < 1.29 is 9.53 Å². The molecule has 0 radical (unpaired) electrons. The number of rotatable bonds is 4. The highest BCUT2D eigenvalue weighted by Crippen LogP contribution is 2.15. The van der Waals surface area contributed by atoms with Gasteiger partial charge >= 0.3 is 0 Å². The summed E-state index contributed by atoms with van der Waals surface area (Å²) in [5, 5.41) is 0. The van der Waals surface area contributed by atoms with Gasteiger partial charge in [-0.15, -0.1) is 0 Å². The molecule has 0 aromatic carbocycles. The molecule has 1 amide bonds. The third kappa shape index (κ3) is 3.03. The molecule has 1 aliphatic rings. The third-order valence-electron chi connectivity index (χ3n) is 3.06. The summed E-state index contributed by atoms with van der Waals surface area (Å²) in [7, 11) is 0. The molecule has 4 nitrogen and oxygen atoms in total. The van der Waals surface area contributed by atoms with Crippen LogP contribution in [0.1, 0.15) is 23.8 Å². The molecule has 1 aliphatic heterocycles. The predicted molar refractivity (Wildman–Crippen MR) is 64.7 cm³/mol. The molecular weight excluding hydrogens is 216 g/mol. The van der Waals surface area contributed by atoms with Gasteiger partial charge < -0.3 is 9.64 Å². The van der Waals surface area contributed by atoms with Gasteiger partial charge in [-0.3, -0.25) is 9.78 Å². The first-order chi connectivity index (χ1) is 8.31. The van der Waals surface area contributed by atoms with E-state index in [1.54, 1.807) is 12.3 Å². The molecule has 1 aromatic rings. The van der Waals surface area contributed by atoms with Crippen LogP contribution in [0.2, 0.25) is 0 Å². The second-order valence-corrected chi connectivity index (χ2v) is 4.29. The van der Waals surface area contributed by atoms with Crippen molar-refractivity contribution in [3.63, 3.8) is 0 Å². The van der Waals surface area contributed by atoms with E-state index in [1.807, 2.05) is 24.0 Å². The fourth-order valence-electron chi connectivity index (χ4n) is 2.05. The van der Waals surface area contributed by atoms with E-state index in [-0.39, 0.29) is 5.91 Å². The SMILES string of the molecule is CCN(C[C@H]1CCOC1)C(=O)c1ccccn1. The van der Waals surface area contributed by atoms with Gasteiger partial charge in [0.2, 0.25) is 0 Å². The standard InChI is InChI=1S/C13H18N2O2/c1-2-15(9-11-6-8-17-10-11)13(16)12-5-3-4-7-14-12/h3-5,7,11H,2,6,8-10H2,1H3/t11-/m1/s1. The van der Waals surface area contributed by atoms with Crippen molar-refractivity contribution in [2.75, 3.05) is 26.3 Å². The highest BCUT2D eigenvalue weighted by atomic mass is 16.5. The number of pyridine rings is 1. The third-order valence-corrected chi connectivity index (χ3v) is 3.06. The zero-order valence-corrected chi connectivity index (χ0v) is 10.1. The lowest BCUT2D eigenvalue weighted by Gasteiger charge is -2.23. The van der Waals surface area contributed by atoms with E-state index < -0.39 is 0 Å². The van der Waals surface area contributed by atoms with E-state index in [0.29, 0.717) is 18.2 Å². The van der Waals surface area contributed by atoms with Crippen molar-refractivity contribution in [2.24, 2.45) is 5.92 Å². The largest absolute Gasteiger partial charge is 0.381 e. The first kappa shape index (κ1) is 12.0. The lowest BCUT2D eigenvalue weighted by atomic mass is 10.1. The monoisotopic (exact) mass is 234 g/mol. The Morgan fingerprint density at radius 3 is 3.06 bits per heavy atom. The Balaban J connectivity index is 2.00. The summed E-state index contributed by atoms with van der Waals surface area (Å²) < 4.78 is 5.33. The predicted octanol–water partition coefficient (Wildman–Crippen LogP) is 1.58. The summed E-state index contributed by atoms with van der Waals surface area (Å²) >= 11 is 0. The van der Waals surface area contributed by atoms with E-state index in [2.05, 4.69) is 4.98 Å². The van der Waals surface area contributed by atoms with Gasteiger partial charge in [0, 0.05) is 31.8 Å². The molecule has 0 aliphatic carbocycles. The maximum atomic E-state index is 12.2. The average molecular weight is 234 g/mol. The summed E-state index contributed by atoms with van der Waals surface area (Å²) in [5.74, 6) is 0.489. The van der Waals surface area contributed by atoms with Gasteiger partial charge in [0.1, 0.15) is 5.69 Å². The van der Waals surface area contributed by atoms with Crippen LogP contribution in [0.5, 0.6) is 0 Å². The van der Waals surface area contributed by atoms with Gasteiger partial charge in [-0.2, -0.15) is 0 Å². The summed E-state index contributed by atoms with van der Waals surface area (Å²) in [5.41, 5.74) is 0.522. The number of hydrogen-bond acceptors (Lipinski definition) is 3. The molecule has 0 N–H and O–H groups in total. The fraction of sp³-hybridized carbons (Fsp3) is 0.538. The molecule has 0 saturated carbocycles. The smallest absolute Gasteiger partial charge is 0.272 e. The molecule has 0 bridgehead atoms. The Morgan fingerprint density at radius 1 is 1.59 bits per heavy atom. The van der Waals surface area contributed by atoms with Crippen LogP contribution in [0.15, 0.2) is 24.4 Å². The number of nitrogens with zero attached hydrogens (tertiary/aromatic N) is 2. The second kappa shape index (κ2) is 5.77. The molecule has 2 heterocycles. The number of carbonyl (C=O) groups excluding carboxylic acids is 1. The molecule has 0 spiro atoms. The highest BCUT2D eigenvalue weighted by molar-refractivity contribution is 5.92. The average Bonchev–Trinajstić information content (AvgIpc) is 2.89. The molecule has 1 saturated heterocycles. The van der Waals surface area contributed by atoms with E-state index >= 15 is 0 Å². The van der Waals surface area contributed by atoms with Gasteiger partial charge in [-0.25, -0.2) is 0 Å². The number of hydrogen-bond donors (Lipinski definition) is 0. The summed E-state index contributed by atoms with van der Waals surface area (Å²) in [6, 6.07) is 5.42. The van der Waals surface area contributed by atoms with Crippen LogP contribution < -0.4 is 0 Å². The molecule has 4 heteroatoms. The zero-order chi connectivity index (χ0) is 12.1. The molecule has 0 unspecified atom stereocenters. The van der Waals surface area contributed by atoms with Crippen LogP contribution >= 0.6 is 0 Å². The van der Waals surface area contributed by atoms with Crippen LogP contribution in [-0.4, -0.2) is 42.1 Å². The molecular formula is C13H18N2O2. The minimum atomic E-state index is 0.0139. The zero-order valence-electron chi connectivity index (χ0n) is 10.1. The van der Waals surface area contributed by atoms with Crippen LogP contribution in [0.4, 0.5) is 0 Å². The Hall–Kier alpha value is -1.42. The van der Waals surface area contributed by atoms with Crippen molar-refractivity contribution in [3.05, 3.63) is 30.1 Å². The second-order valence-electron chi connectivity index (χ2n) is 4.29. The van der Waals surface area contributed by atoms with E-state index in [4.69, 9.17) is 4.74 Å². The first-order valence-electron chi connectivity index (χ1n) is 6.09. The van der Waals surface area contributed by atoms with Crippen molar-refractivity contribution in [1.82, 2.24) is 9.88 Å². The minimum absolute atomic E-state index is 0.0139. The van der Waals surface area contributed by atoms with Crippen LogP contribution in [0, 0.1) is 5.92 Å². The van der Waals surface area contributed by atoms with Gasteiger partial charge in [0.15, 0.2) is 0 Å². The minimum Gasteiger partial charge on any atom is -0.381 e. The van der Waals surface area contributed by atoms with Crippen LogP contribution in [-0.2, 0) is 4.74 Å². The summed E-state index contributed by atoms with van der Waals surface area (Å²) in [4.78, 5) is 18.1. The lowest BCUT2D eigenvalue weighted by molar-refractivity contribution is 0.0725. The molecule has 92 valence electrons. The lowest BCUT2D eigenvalue weighted by Crippen LogP contribution is -2.35. The Labute approximate surface area is 102 Å². The van der Waals surface area contributed by atoms with E-state index in [1.165, 1.54) is 0 Å². The molecule has 1 aromatic heterocycles.